The number of amidine groups is 1. The first-order valence-corrected chi connectivity index (χ1v) is 9.28. The summed E-state index contributed by atoms with van der Waals surface area (Å²) in [6.07, 6.45) is 6.61. The topological polar surface area (TPSA) is 45.5 Å². The number of anilines is 1. The van der Waals surface area contributed by atoms with Crippen LogP contribution in [0.4, 0.5) is 11.4 Å². The molecule has 1 aliphatic rings. The van der Waals surface area contributed by atoms with Crippen molar-refractivity contribution in [1.82, 2.24) is 14.5 Å². The van der Waals surface area contributed by atoms with Gasteiger partial charge >= 0.3 is 0 Å². The van der Waals surface area contributed by atoms with E-state index >= 15 is 0 Å². The lowest BCUT2D eigenvalue weighted by Gasteiger charge is -2.30. The Hall–Kier alpha value is -2.92. The van der Waals surface area contributed by atoms with Gasteiger partial charge in [-0.2, -0.15) is 0 Å². The fourth-order valence-corrected chi connectivity index (χ4v) is 3.55. The standard InChI is InChI=1S/C22H25N5/c1-16(26(2)3)22(27-13-12-23-15-27)17-8-10-19(11-9-17)24-21-14-18-6-4-5-7-20(18)25-21/h4-13,15-16,22H,14H2,1-3H3,(H,24,25). The number of rotatable bonds is 5. The summed E-state index contributed by atoms with van der Waals surface area (Å²) in [7, 11) is 4.22. The van der Waals surface area contributed by atoms with Crippen LogP contribution in [0.15, 0.2) is 72.2 Å². The smallest absolute Gasteiger partial charge is 0.111 e. The number of nitrogens with zero attached hydrogens (tertiary/aromatic N) is 4. The maximum atomic E-state index is 4.68. The van der Waals surface area contributed by atoms with Crippen LogP contribution in [-0.4, -0.2) is 40.4 Å². The van der Waals surface area contributed by atoms with Gasteiger partial charge in [-0.3, -0.25) is 0 Å². The van der Waals surface area contributed by atoms with E-state index < -0.39 is 0 Å². The fraction of sp³-hybridized carbons (Fsp3) is 0.273. The molecule has 5 heteroatoms. The predicted octanol–water partition coefficient (Wildman–Crippen LogP) is 4.12. The molecule has 0 saturated carbocycles. The van der Waals surface area contributed by atoms with Crippen LogP contribution < -0.4 is 5.32 Å². The molecule has 0 saturated heterocycles. The van der Waals surface area contributed by atoms with Crippen LogP contribution >= 0.6 is 0 Å². The van der Waals surface area contributed by atoms with Crippen molar-refractivity contribution in [1.29, 1.82) is 0 Å². The van der Waals surface area contributed by atoms with E-state index in [4.69, 9.17) is 0 Å². The van der Waals surface area contributed by atoms with Crippen LogP contribution in [0.2, 0.25) is 0 Å². The van der Waals surface area contributed by atoms with Gasteiger partial charge in [-0.25, -0.2) is 9.98 Å². The van der Waals surface area contributed by atoms with Crippen molar-refractivity contribution in [2.75, 3.05) is 19.4 Å². The van der Waals surface area contributed by atoms with Gasteiger partial charge in [0.05, 0.1) is 18.1 Å². The SMILES string of the molecule is CC(C(c1ccc(NC2=Nc3ccccc3C2)cc1)n1ccnc1)N(C)C. The van der Waals surface area contributed by atoms with Crippen molar-refractivity contribution in [2.45, 2.75) is 25.4 Å². The molecular weight excluding hydrogens is 334 g/mol. The van der Waals surface area contributed by atoms with E-state index in [1.165, 1.54) is 11.1 Å². The second-order valence-electron chi connectivity index (χ2n) is 7.27. The van der Waals surface area contributed by atoms with Crippen molar-refractivity contribution < 1.29 is 0 Å². The number of nitrogens with one attached hydrogen (secondary N) is 1. The van der Waals surface area contributed by atoms with E-state index in [9.17, 15) is 0 Å². The van der Waals surface area contributed by atoms with E-state index in [-0.39, 0.29) is 6.04 Å². The van der Waals surface area contributed by atoms with Crippen molar-refractivity contribution in [3.63, 3.8) is 0 Å². The molecule has 1 N–H and O–H groups in total. The average molecular weight is 359 g/mol. The third kappa shape index (κ3) is 3.64. The van der Waals surface area contributed by atoms with E-state index in [0.29, 0.717) is 6.04 Å². The molecule has 2 heterocycles. The third-order valence-electron chi connectivity index (χ3n) is 5.26. The molecular formula is C22H25N5. The summed E-state index contributed by atoms with van der Waals surface area (Å²) in [6, 6.07) is 17.5. The Balaban J connectivity index is 1.53. The number of likely N-dealkylation sites (N-methyl/N-ethyl adjacent to an activating group) is 1. The predicted molar refractivity (Wildman–Crippen MR) is 111 cm³/mol. The lowest BCUT2D eigenvalue weighted by Crippen LogP contribution is -2.34. The molecule has 2 unspecified atom stereocenters. The van der Waals surface area contributed by atoms with Gasteiger partial charge < -0.3 is 14.8 Å². The Kier molecular flexibility index (Phi) is 4.77. The Morgan fingerprint density at radius 1 is 1.07 bits per heavy atom. The van der Waals surface area contributed by atoms with Crippen LogP contribution in [0.1, 0.15) is 24.1 Å². The summed E-state index contributed by atoms with van der Waals surface area (Å²) in [6.45, 7) is 2.24. The average Bonchev–Trinajstić information content (AvgIpc) is 3.32. The molecule has 1 aliphatic heterocycles. The van der Waals surface area contributed by atoms with Gasteiger partial charge in [0.2, 0.25) is 0 Å². The minimum Gasteiger partial charge on any atom is -0.343 e. The highest BCUT2D eigenvalue weighted by Crippen LogP contribution is 2.28. The molecule has 138 valence electrons. The maximum absolute atomic E-state index is 4.68. The molecule has 0 aliphatic carbocycles. The highest BCUT2D eigenvalue weighted by molar-refractivity contribution is 6.01. The molecule has 1 aromatic heterocycles. The molecule has 5 nitrogen and oxygen atoms in total. The van der Waals surface area contributed by atoms with Gasteiger partial charge in [0.15, 0.2) is 0 Å². The van der Waals surface area contributed by atoms with Gasteiger partial charge in [0.1, 0.15) is 5.84 Å². The monoisotopic (exact) mass is 359 g/mol. The number of hydrogen-bond acceptors (Lipinski definition) is 4. The highest BCUT2D eigenvalue weighted by atomic mass is 15.2. The lowest BCUT2D eigenvalue weighted by atomic mass is 9.99. The molecule has 0 bridgehead atoms. The van der Waals surface area contributed by atoms with Crippen LogP contribution in [0, 0.1) is 0 Å². The quantitative estimate of drug-likeness (QED) is 0.745. The van der Waals surface area contributed by atoms with Crippen molar-refractivity contribution in [2.24, 2.45) is 4.99 Å². The molecule has 4 rings (SSSR count). The minimum atomic E-state index is 0.213. The first kappa shape index (κ1) is 17.5. The Labute approximate surface area is 160 Å². The zero-order valence-corrected chi connectivity index (χ0v) is 16.0. The fourth-order valence-electron chi connectivity index (χ4n) is 3.55. The summed E-state index contributed by atoms with van der Waals surface area (Å²) in [4.78, 5) is 11.2. The van der Waals surface area contributed by atoms with E-state index in [1.807, 2.05) is 24.8 Å². The number of aromatic nitrogens is 2. The van der Waals surface area contributed by atoms with Crippen molar-refractivity contribution in [3.05, 3.63) is 78.4 Å². The third-order valence-corrected chi connectivity index (χ3v) is 5.26. The lowest BCUT2D eigenvalue weighted by molar-refractivity contribution is 0.252. The minimum absolute atomic E-state index is 0.213. The van der Waals surface area contributed by atoms with Crippen molar-refractivity contribution >= 4 is 17.2 Å². The Morgan fingerprint density at radius 3 is 2.52 bits per heavy atom. The normalized spacial score (nSPS) is 15.3. The first-order valence-electron chi connectivity index (χ1n) is 9.28. The van der Waals surface area contributed by atoms with E-state index in [0.717, 1.165) is 23.6 Å². The number of aliphatic imine (C=N–C) groups is 1. The largest absolute Gasteiger partial charge is 0.343 e. The Bertz CT molecular complexity index is 926. The van der Waals surface area contributed by atoms with Gasteiger partial charge in [0, 0.05) is 30.5 Å². The molecule has 0 amide bonds. The summed E-state index contributed by atoms with van der Waals surface area (Å²) < 4.78 is 2.17. The number of imidazole rings is 1. The highest BCUT2D eigenvalue weighted by Gasteiger charge is 2.22. The first-order chi connectivity index (χ1) is 13.1. The summed E-state index contributed by atoms with van der Waals surface area (Å²) in [5.41, 5.74) is 4.66. The van der Waals surface area contributed by atoms with E-state index in [1.54, 1.807) is 0 Å². The molecule has 2 aromatic carbocycles. The van der Waals surface area contributed by atoms with Crippen molar-refractivity contribution in [3.8, 4) is 0 Å². The Morgan fingerprint density at radius 2 is 1.85 bits per heavy atom. The molecule has 2 atom stereocenters. The van der Waals surface area contributed by atoms with Crippen LogP contribution in [0.25, 0.3) is 0 Å². The number of hydrogen-bond donors (Lipinski definition) is 1. The zero-order valence-electron chi connectivity index (χ0n) is 16.0. The van der Waals surface area contributed by atoms with Crippen LogP contribution in [-0.2, 0) is 6.42 Å². The van der Waals surface area contributed by atoms with Gasteiger partial charge in [0.25, 0.3) is 0 Å². The molecule has 3 aromatic rings. The van der Waals surface area contributed by atoms with E-state index in [2.05, 4.69) is 88.2 Å². The second-order valence-corrected chi connectivity index (χ2v) is 7.27. The van der Waals surface area contributed by atoms with Gasteiger partial charge in [-0.05, 0) is 50.3 Å². The summed E-state index contributed by atoms with van der Waals surface area (Å²) in [5.74, 6) is 0.997. The van der Waals surface area contributed by atoms with Crippen LogP contribution in [0.5, 0.6) is 0 Å². The number of fused-ring (bicyclic) bond motifs is 1. The molecule has 0 fully saturated rings. The molecule has 0 spiro atoms. The summed E-state index contributed by atoms with van der Waals surface area (Å²) in [5, 5.41) is 3.46. The number of benzene rings is 2. The van der Waals surface area contributed by atoms with Crippen LogP contribution in [0.3, 0.4) is 0 Å². The summed E-state index contributed by atoms with van der Waals surface area (Å²) >= 11 is 0. The van der Waals surface area contributed by atoms with Gasteiger partial charge in [-0.1, -0.05) is 30.3 Å². The molecule has 0 radical (unpaired) electrons. The zero-order chi connectivity index (χ0) is 18.8. The van der Waals surface area contributed by atoms with Gasteiger partial charge in [-0.15, -0.1) is 0 Å². The molecule has 27 heavy (non-hydrogen) atoms. The maximum Gasteiger partial charge on any atom is 0.111 e. The number of para-hydroxylation sites is 1. The second kappa shape index (κ2) is 7.37.